The molecular weight excluding hydrogens is 236 g/mol. The van der Waals surface area contributed by atoms with Crippen LogP contribution in [0.1, 0.15) is 30.3 Å². The number of hydrogen-bond acceptors (Lipinski definition) is 5. The van der Waals surface area contributed by atoms with Gasteiger partial charge >= 0.3 is 0 Å². The van der Waals surface area contributed by atoms with Crippen LogP contribution in [0.25, 0.3) is 0 Å². The van der Waals surface area contributed by atoms with Crippen molar-refractivity contribution in [1.82, 2.24) is 10.1 Å². The van der Waals surface area contributed by atoms with Crippen LogP contribution in [0.3, 0.4) is 0 Å². The number of rotatable bonds is 4. The fourth-order valence-corrected chi connectivity index (χ4v) is 2.21. The van der Waals surface area contributed by atoms with Gasteiger partial charge in [-0.05, 0) is 26.0 Å². The van der Waals surface area contributed by atoms with Crippen molar-refractivity contribution in [2.24, 2.45) is 0 Å². The van der Waals surface area contributed by atoms with Crippen molar-refractivity contribution in [3.63, 3.8) is 0 Å². The van der Waals surface area contributed by atoms with Crippen molar-refractivity contribution in [1.29, 1.82) is 0 Å². The standard InChI is InChI=1S/C12H14N2O2S/c1-8-4-3-5-10(6-8)17-7-11-13-12(9(2)15)16-14-11/h3-6,9,15H,7H2,1-2H3. The second-order valence-corrected chi connectivity index (χ2v) is 4.88. The number of aliphatic hydroxyl groups is 1. The zero-order chi connectivity index (χ0) is 12.3. The molecule has 0 bridgehead atoms. The summed E-state index contributed by atoms with van der Waals surface area (Å²) in [7, 11) is 0. The van der Waals surface area contributed by atoms with Crippen LogP contribution in [0.15, 0.2) is 33.7 Å². The third kappa shape index (κ3) is 3.31. The second kappa shape index (κ2) is 5.33. The van der Waals surface area contributed by atoms with Crippen LogP contribution < -0.4 is 0 Å². The maximum atomic E-state index is 9.26. The summed E-state index contributed by atoms with van der Waals surface area (Å²) in [5.41, 5.74) is 1.23. The van der Waals surface area contributed by atoms with Crippen molar-refractivity contribution < 1.29 is 9.63 Å². The first-order valence-corrected chi connectivity index (χ1v) is 6.34. The highest BCUT2D eigenvalue weighted by Crippen LogP contribution is 2.22. The Balaban J connectivity index is 1.97. The lowest BCUT2D eigenvalue weighted by molar-refractivity contribution is 0.151. The average molecular weight is 250 g/mol. The Labute approximate surface area is 104 Å². The van der Waals surface area contributed by atoms with Crippen molar-refractivity contribution in [2.45, 2.75) is 30.6 Å². The van der Waals surface area contributed by atoms with Crippen LogP contribution in [0.4, 0.5) is 0 Å². The van der Waals surface area contributed by atoms with Gasteiger partial charge in [0.1, 0.15) is 6.10 Å². The van der Waals surface area contributed by atoms with Crippen LogP contribution in [-0.4, -0.2) is 15.2 Å². The van der Waals surface area contributed by atoms with Crippen molar-refractivity contribution in [2.75, 3.05) is 0 Å². The summed E-state index contributed by atoms with van der Waals surface area (Å²) in [5, 5.41) is 13.1. The van der Waals surface area contributed by atoms with E-state index in [0.29, 0.717) is 11.6 Å². The molecule has 0 fully saturated rings. The van der Waals surface area contributed by atoms with Crippen molar-refractivity contribution in [3.8, 4) is 0 Å². The topological polar surface area (TPSA) is 59.2 Å². The fraction of sp³-hybridized carbons (Fsp3) is 0.333. The van der Waals surface area contributed by atoms with Crippen LogP contribution in [0, 0.1) is 6.92 Å². The molecule has 0 radical (unpaired) electrons. The van der Waals surface area contributed by atoms with Gasteiger partial charge in [0, 0.05) is 4.90 Å². The van der Waals surface area contributed by atoms with Gasteiger partial charge in [-0.25, -0.2) is 0 Å². The molecule has 1 heterocycles. The molecule has 0 saturated heterocycles. The Morgan fingerprint density at radius 2 is 2.29 bits per heavy atom. The minimum Gasteiger partial charge on any atom is -0.384 e. The molecule has 17 heavy (non-hydrogen) atoms. The van der Waals surface area contributed by atoms with Crippen molar-refractivity contribution in [3.05, 3.63) is 41.5 Å². The summed E-state index contributed by atoms with van der Waals surface area (Å²) in [6.45, 7) is 3.66. The zero-order valence-corrected chi connectivity index (χ0v) is 10.6. The quantitative estimate of drug-likeness (QED) is 0.845. The first-order chi connectivity index (χ1) is 8.15. The smallest absolute Gasteiger partial charge is 0.255 e. The lowest BCUT2D eigenvalue weighted by Crippen LogP contribution is -1.91. The lowest BCUT2D eigenvalue weighted by atomic mass is 10.2. The molecule has 0 aliphatic carbocycles. The maximum absolute atomic E-state index is 9.26. The molecule has 0 amide bonds. The molecule has 0 aliphatic heterocycles. The maximum Gasteiger partial charge on any atom is 0.255 e. The Hall–Kier alpha value is -1.33. The molecule has 1 N–H and O–H groups in total. The average Bonchev–Trinajstić information content (AvgIpc) is 2.75. The van der Waals surface area contributed by atoms with Gasteiger partial charge in [-0.15, -0.1) is 11.8 Å². The van der Waals surface area contributed by atoms with Gasteiger partial charge in [0.2, 0.25) is 0 Å². The summed E-state index contributed by atoms with van der Waals surface area (Å²) in [6, 6.07) is 8.24. The lowest BCUT2D eigenvalue weighted by Gasteiger charge is -1.99. The molecular formula is C12H14N2O2S. The first-order valence-electron chi connectivity index (χ1n) is 5.35. The van der Waals surface area contributed by atoms with E-state index in [-0.39, 0.29) is 5.89 Å². The van der Waals surface area contributed by atoms with E-state index in [9.17, 15) is 5.11 Å². The molecule has 2 aromatic rings. The van der Waals surface area contributed by atoms with Crippen LogP contribution in [0.5, 0.6) is 0 Å². The molecule has 5 heteroatoms. The summed E-state index contributed by atoms with van der Waals surface area (Å²) in [6.07, 6.45) is -0.708. The van der Waals surface area contributed by atoms with Crippen LogP contribution in [0.2, 0.25) is 0 Å². The van der Waals surface area contributed by atoms with Gasteiger partial charge in [0.05, 0.1) is 5.75 Å². The number of benzene rings is 1. The predicted octanol–water partition coefficient (Wildman–Crippen LogP) is 2.72. The van der Waals surface area contributed by atoms with E-state index in [1.165, 1.54) is 10.5 Å². The number of nitrogens with zero attached hydrogens (tertiary/aromatic N) is 2. The molecule has 2 rings (SSSR count). The summed E-state index contributed by atoms with van der Waals surface area (Å²) in [4.78, 5) is 5.27. The van der Waals surface area contributed by atoms with Crippen molar-refractivity contribution >= 4 is 11.8 Å². The Morgan fingerprint density at radius 1 is 1.47 bits per heavy atom. The SMILES string of the molecule is Cc1cccc(SCc2noc(C(C)O)n2)c1. The van der Waals surface area contributed by atoms with Gasteiger partial charge in [-0.2, -0.15) is 4.98 Å². The molecule has 0 aliphatic rings. The molecule has 1 aromatic carbocycles. The molecule has 0 saturated carbocycles. The molecule has 0 spiro atoms. The number of aromatic nitrogens is 2. The van der Waals surface area contributed by atoms with Gasteiger partial charge in [-0.3, -0.25) is 0 Å². The normalized spacial score (nSPS) is 12.6. The van der Waals surface area contributed by atoms with E-state index in [0.717, 1.165) is 0 Å². The van der Waals surface area contributed by atoms with Gasteiger partial charge in [0.25, 0.3) is 5.89 Å². The zero-order valence-electron chi connectivity index (χ0n) is 9.75. The van der Waals surface area contributed by atoms with E-state index < -0.39 is 6.10 Å². The van der Waals surface area contributed by atoms with Crippen LogP contribution >= 0.6 is 11.8 Å². The third-order valence-electron chi connectivity index (χ3n) is 2.20. The largest absolute Gasteiger partial charge is 0.384 e. The highest BCUT2D eigenvalue weighted by molar-refractivity contribution is 7.98. The third-order valence-corrected chi connectivity index (χ3v) is 3.19. The molecule has 1 unspecified atom stereocenters. The van der Waals surface area contributed by atoms with E-state index >= 15 is 0 Å². The van der Waals surface area contributed by atoms with Gasteiger partial charge < -0.3 is 9.63 Å². The van der Waals surface area contributed by atoms with E-state index in [4.69, 9.17) is 4.52 Å². The summed E-state index contributed by atoms with van der Waals surface area (Å²) < 4.78 is 4.91. The second-order valence-electron chi connectivity index (χ2n) is 3.83. The highest BCUT2D eigenvalue weighted by atomic mass is 32.2. The van der Waals surface area contributed by atoms with E-state index in [1.54, 1.807) is 18.7 Å². The highest BCUT2D eigenvalue weighted by Gasteiger charge is 2.11. The van der Waals surface area contributed by atoms with E-state index in [2.05, 4.69) is 29.2 Å². The number of hydrogen-bond donors (Lipinski definition) is 1. The summed E-state index contributed by atoms with van der Waals surface area (Å²) >= 11 is 1.65. The Morgan fingerprint density at radius 3 is 2.94 bits per heavy atom. The minimum absolute atomic E-state index is 0.268. The Kier molecular flexibility index (Phi) is 3.81. The molecule has 4 nitrogen and oxygen atoms in total. The number of thioether (sulfide) groups is 1. The summed E-state index contributed by atoms with van der Waals surface area (Å²) in [5.74, 6) is 1.51. The fourth-order valence-electron chi connectivity index (χ4n) is 1.35. The van der Waals surface area contributed by atoms with Gasteiger partial charge in [-0.1, -0.05) is 22.9 Å². The molecule has 1 atom stereocenters. The molecule has 1 aromatic heterocycles. The molecule has 90 valence electrons. The number of aryl methyl sites for hydroxylation is 1. The minimum atomic E-state index is -0.708. The first kappa shape index (κ1) is 12.1. The predicted molar refractivity (Wildman–Crippen MR) is 65.7 cm³/mol. The van der Waals surface area contributed by atoms with Gasteiger partial charge in [0.15, 0.2) is 5.82 Å². The Bertz CT molecular complexity index is 497. The van der Waals surface area contributed by atoms with Crippen LogP contribution in [-0.2, 0) is 5.75 Å². The van der Waals surface area contributed by atoms with E-state index in [1.807, 2.05) is 12.1 Å². The monoisotopic (exact) mass is 250 g/mol. The number of aliphatic hydroxyl groups excluding tert-OH is 1.